The molecule has 0 aliphatic rings. The number of benzene rings is 1. The number of alkyl halides is 3. The van der Waals surface area contributed by atoms with Gasteiger partial charge in [0, 0.05) is 25.0 Å². The Morgan fingerprint density at radius 2 is 1.96 bits per heavy atom. The van der Waals surface area contributed by atoms with Gasteiger partial charge in [0.1, 0.15) is 0 Å². The lowest BCUT2D eigenvalue weighted by Crippen LogP contribution is -2.38. The summed E-state index contributed by atoms with van der Waals surface area (Å²) in [6, 6.07) is 5.20. The second-order valence-corrected chi connectivity index (χ2v) is 6.52. The molecule has 8 heteroatoms. The van der Waals surface area contributed by atoms with Gasteiger partial charge in [0.05, 0.1) is 23.3 Å². The van der Waals surface area contributed by atoms with Crippen LogP contribution >= 0.6 is 11.3 Å². The summed E-state index contributed by atoms with van der Waals surface area (Å²) >= 11 is 1.56. The zero-order valence-electron chi connectivity index (χ0n) is 14.4. The maximum atomic E-state index is 12.6. The van der Waals surface area contributed by atoms with Crippen LogP contribution in [0, 0.1) is 6.92 Å². The largest absolute Gasteiger partial charge is 0.416 e. The number of hydrogen-bond donors (Lipinski definition) is 1. The van der Waals surface area contributed by atoms with Crippen molar-refractivity contribution in [2.24, 2.45) is 4.99 Å². The van der Waals surface area contributed by atoms with E-state index < -0.39 is 11.7 Å². The van der Waals surface area contributed by atoms with Gasteiger partial charge in [-0.25, -0.2) is 9.98 Å². The van der Waals surface area contributed by atoms with E-state index in [1.807, 2.05) is 25.8 Å². The van der Waals surface area contributed by atoms with E-state index in [9.17, 15) is 13.2 Å². The summed E-state index contributed by atoms with van der Waals surface area (Å²) in [4.78, 5) is 11.8. The molecule has 0 aliphatic heterocycles. The van der Waals surface area contributed by atoms with Crippen LogP contribution in [-0.4, -0.2) is 29.4 Å². The zero-order valence-corrected chi connectivity index (χ0v) is 15.2. The van der Waals surface area contributed by atoms with E-state index in [4.69, 9.17) is 0 Å². The molecule has 25 heavy (non-hydrogen) atoms. The van der Waals surface area contributed by atoms with Crippen LogP contribution in [-0.2, 0) is 19.3 Å². The molecule has 1 N–H and O–H groups in total. The third-order valence-corrected chi connectivity index (χ3v) is 4.53. The number of hydrogen-bond acceptors (Lipinski definition) is 3. The van der Waals surface area contributed by atoms with E-state index in [0.717, 1.165) is 28.3 Å². The molecular weight excluding hydrogens is 349 g/mol. The lowest BCUT2D eigenvalue weighted by atomic mass is 10.1. The number of aryl methyl sites for hydroxylation is 1. The smallest absolute Gasteiger partial charge is 0.357 e. The van der Waals surface area contributed by atoms with Gasteiger partial charge >= 0.3 is 6.18 Å². The van der Waals surface area contributed by atoms with Crippen LogP contribution in [0.1, 0.15) is 28.6 Å². The van der Waals surface area contributed by atoms with Crippen molar-refractivity contribution in [2.45, 2.75) is 33.1 Å². The van der Waals surface area contributed by atoms with Gasteiger partial charge in [-0.3, -0.25) is 0 Å². The monoisotopic (exact) mass is 370 g/mol. The molecule has 0 amide bonds. The number of halogens is 3. The highest BCUT2D eigenvalue weighted by molar-refractivity contribution is 7.09. The van der Waals surface area contributed by atoms with Gasteiger partial charge in [0.25, 0.3) is 0 Å². The lowest BCUT2D eigenvalue weighted by molar-refractivity contribution is -0.137. The highest BCUT2D eigenvalue weighted by Gasteiger charge is 2.29. The summed E-state index contributed by atoms with van der Waals surface area (Å²) < 4.78 is 37.9. The van der Waals surface area contributed by atoms with E-state index in [0.29, 0.717) is 25.6 Å². The molecule has 0 saturated carbocycles. The molecule has 0 unspecified atom stereocenters. The topological polar surface area (TPSA) is 40.5 Å². The van der Waals surface area contributed by atoms with Crippen LogP contribution < -0.4 is 5.32 Å². The van der Waals surface area contributed by atoms with Gasteiger partial charge in [-0.05, 0) is 31.5 Å². The molecule has 0 fully saturated rings. The van der Waals surface area contributed by atoms with Crippen LogP contribution in [0.15, 0.2) is 34.8 Å². The SMILES string of the molecule is CCNC(=NCc1scnc1C)N(C)Cc1ccc(C(F)(F)F)cc1. The number of guanidine groups is 1. The second kappa shape index (κ2) is 8.33. The molecule has 0 saturated heterocycles. The van der Waals surface area contributed by atoms with E-state index in [1.165, 1.54) is 12.1 Å². The first kappa shape index (κ1) is 19.2. The van der Waals surface area contributed by atoms with Crippen LogP contribution in [0.3, 0.4) is 0 Å². The Morgan fingerprint density at radius 1 is 1.28 bits per heavy atom. The molecule has 2 rings (SSSR count). The Bertz CT molecular complexity index is 707. The van der Waals surface area contributed by atoms with Gasteiger partial charge < -0.3 is 10.2 Å². The quantitative estimate of drug-likeness (QED) is 0.637. The van der Waals surface area contributed by atoms with E-state index in [-0.39, 0.29) is 0 Å². The number of rotatable bonds is 5. The number of aromatic nitrogens is 1. The third kappa shape index (κ3) is 5.45. The first-order valence-corrected chi connectivity index (χ1v) is 8.73. The van der Waals surface area contributed by atoms with Crippen LogP contribution in [0.2, 0.25) is 0 Å². The summed E-state index contributed by atoms with van der Waals surface area (Å²) in [5.41, 5.74) is 2.91. The van der Waals surface area contributed by atoms with Gasteiger partial charge in [-0.2, -0.15) is 13.2 Å². The summed E-state index contributed by atoms with van der Waals surface area (Å²) in [6.45, 7) is 5.61. The van der Waals surface area contributed by atoms with E-state index in [2.05, 4.69) is 15.3 Å². The van der Waals surface area contributed by atoms with Crippen molar-refractivity contribution in [3.63, 3.8) is 0 Å². The van der Waals surface area contributed by atoms with Gasteiger partial charge in [-0.1, -0.05) is 12.1 Å². The molecule has 1 aromatic carbocycles. The number of nitrogens with zero attached hydrogens (tertiary/aromatic N) is 3. The first-order valence-electron chi connectivity index (χ1n) is 7.85. The highest BCUT2D eigenvalue weighted by Crippen LogP contribution is 2.29. The Kier molecular flexibility index (Phi) is 6.41. The van der Waals surface area contributed by atoms with Crippen molar-refractivity contribution < 1.29 is 13.2 Å². The third-order valence-electron chi connectivity index (χ3n) is 3.61. The van der Waals surface area contributed by atoms with Crippen molar-refractivity contribution >= 4 is 17.3 Å². The van der Waals surface area contributed by atoms with Crippen LogP contribution in [0.25, 0.3) is 0 Å². The number of nitrogens with one attached hydrogen (secondary N) is 1. The Labute approximate surface area is 149 Å². The molecule has 2 aromatic rings. The summed E-state index contributed by atoms with van der Waals surface area (Å²) in [5.74, 6) is 0.704. The molecule has 136 valence electrons. The standard InChI is InChI=1S/C17H21F3N4S/c1-4-21-16(22-9-15-12(2)23-11-25-15)24(3)10-13-5-7-14(8-6-13)17(18,19)20/h5-8,11H,4,9-10H2,1-3H3,(H,21,22). The Balaban J connectivity index is 2.06. The normalized spacial score (nSPS) is 12.3. The molecule has 0 spiro atoms. The Morgan fingerprint density at radius 3 is 2.48 bits per heavy atom. The fraction of sp³-hybridized carbons (Fsp3) is 0.412. The van der Waals surface area contributed by atoms with Crippen LogP contribution in [0.5, 0.6) is 0 Å². The molecule has 0 radical (unpaired) electrons. The van der Waals surface area contributed by atoms with Crippen molar-refractivity contribution in [3.8, 4) is 0 Å². The van der Waals surface area contributed by atoms with E-state index >= 15 is 0 Å². The van der Waals surface area contributed by atoms with Gasteiger partial charge in [0.15, 0.2) is 5.96 Å². The first-order chi connectivity index (χ1) is 11.8. The zero-order chi connectivity index (χ0) is 18.4. The minimum Gasteiger partial charge on any atom is -0.357 e. The summed E-state index contributed by atoms with van der Waals surface area (Å²) in [7, 11) is 1.86. The molecule has 1 aromatic heterocycles. The van der Waals surface area contributed by atoms with Gasteiger partial charge in [0.2, 0.25) is 0 Å². The number of thiazole rings is 1. The molecule has 4 nitrogen and oxygen atoms in total. The molecule has 0 atom stereocenters. The second-order valence-electron chi connectivity index (χ2n) is 5.58. The minimum atomic E-state index is -4.31. The van der Waals surface area contributed by atoms with Crippen molar-refractivity contribution in [1.82, 2.24) is 15.2 Å². The summed E-state index contributed by atoms with van der Waals surface area (Å²) in [6.07, 6.45) is -4.31. The minimum absolute atomic E-state index is 0.464. The fourth-order valence-electron chi connectivity index (χ4n) is 2.24. The van der Waals surface area contributed by atoms with Crippen molar-refractivity contribution in [3.05, 3.63) is 51.5 Å². The van der Waals surface area contributed by atoms with E-state index in [1.54, 1.807) is 16.8 Å². The lowest BCUT2D eigenvalue weighted by Gasteiger charge is -2.22. The molecule has 1 heterocycles. The highest BCUT2D eigenvalue weighted by atomic mass is 32.1. The Hall–Kier alpha value is -2.09. The summed E-state index contributed by atoms with van der Waals surface area (Å²) in [5, 5.41) is 3.20. The molecule has 0 aliphatic carbocycles. The molecular formula is C17H21F3N4S. The maximum Gasteiger partial charge on any atom is 0.416 e. The fourth-order valence-corrected chi connectivity index (χ4v) is 2.94. The maximum absolute atomic E-state index is 12.6. The van der Waals surface area contributed by atoms with Crippen LogP contribution in [0.4, 0.5) is 13.2 Å². The van der Waals surface area contributed by atoms with Crippen molar-refractivity contribution in [1.29, 1.82) is 0 Å². The number of aliphatic imine (C=N–C) groups is 1. The predicted molar refractivity (Wildman–Crippen MR) is 94.6 cm³/mol. The van der Waals surface area contributed by atoms with Gasteiger partial charge in [-0.15, -0.1) is 11.3 Å². The average molecular weight is 370 g/mol. The van der Waals surface area contributed by atoms with Crippen molar-refractivity contribution in [2.75, 3.05) is 13.6 Å². The molecule has 0 bridgehead atoms. The average Bonchev–Trinajstić information content (AvgIpc) is 2.96. The predicted octanol–water partition coefficient (Wildman–Crippen LogP) is 4.07.